The number of likely N-dealkylation sites (tertiary alicyclic amines) is 1. The minimum Gasteiger partial charge on any atom is -0.269 e. The van der Waals surface area contributed by atoms with Crippen molar-refractivity contribution >= 4 is 24.1 Å². The van der Waals surface area contributed by atoms with Gasteiger partial charge in [0.05, 0.1) is 0 Å². The molecular weight excluding hydrogens is 270 g/mol. The molecule has 2 fully saturated rings. The molecule has 0 saturated carbocycles. The minimum atomic E-state index is -0.466. The van der Waals surface area contributed by atoms with Crippen LogP contribution in [0.3, 0.4) is 0 Å². The second-order valence-electron chi connectivity index (χ2n) is 6.06. The van der Waals surface area contributed by atoms with E-state index in [9.17, 15) is 9.59 Å². The Bertz CT molecular complexity index is 541. The monoisotopic (exact) mass is 292 g/mol. The first-order valence-corrected chi connectivity index (χ1v) is 7.47. The second kappa shape index (κ2) is 5.22. The van der Waals surface area contributed by atoms with Crippen molar-refractivity contribution in [1.29, 1.82) is 0 Å². The molecule has 2 unspecified atom stereocenters. The largest absolute Gasteiger partial charge is 0.333 e. The average Bonchev–Trinajstić information content (AvgIpc) is 2.89. The van der Waals surface area contributed by atoms with E-state index in [1.54, 1.807) is 13.4 Å². The van der Waals surface area contributed by atoms with Crippen molar-refractivity contribution in [2.75, 3.05) is 27.3 Å². The fraction of sp³-hybridized carbons (Fsp3) is 0.714. The van der Waals surface area contributed by atoms with Crippen LogP contribution in [0.4, 0.5) is 4.79 Å². The number of amides is 3. The first-order valence-electron chi connectivity index (χ1n) is 7.47. The number of fused-ring (bicyclic) bond motifs is 1. The summed E-state index contributed by atoms with van der Waals surface area (Å²) in [5.41, 5.74) is 0. The number of amidine groups is 1. The maximum atomic E-state index is 12.4. The SMILES string of the molecule is CC1CCCCN1C[N+]1=CN=C2C1C(=O)N(C)C(=O)N2C. The van der Waals surface area contributed by atoms with Crippen molar-refractivity contribution in [2.45, 2.75) is 38.3 Å². The number of carbonyl (C=O) groups excluding carboxylic acids is 2. The Labute approximate surface area is 124 Å². The van der Waals surface area contributed by atoms with Gasteiger partial charge in [-0.1, -0.05) is 6.42 Å². The minimum absolute atomic E-state index is 0.199. The normalized spacial score (nSPS) is 30.4. The van der Waals surface area contributed by atoms with E-state index >= 15 is 0 Å². The van der Waals surface area contributed by atoms with Crippen LogP contribution < -0.4 is 0 Å². The van der Waals surface area contributed by atoms with Gasteiger partial charge in [-0.25, -0.2) is 9.37 Å². The second-order valence-corrected chi connectivity index (χ2v) is 6.06. The van der Waals surface area contributed by atoms with Crippen molar-refractivity contribution in [3.63, 3.8) is 0 Å². The summed E-state index contributed by atoms with van der Waals surface area (Å²) in [6.45, 7) is 3.95. The number of rotatable bonds is 2. The molecule has 7 nitrogen and oxygen atoms in total. The molecule has 2 saturated heterocycles. The number of nitrogens with zero attached hydrogens (tertiary/aromatic N) is 5. The Morgan fingerprint density at radius 1 is 1.29 bits per heavy atom. The quantitative estimate of drug-likeness (QED) is 0.681. The lowest BCUT2D eigenvalue weighted by atomic mass is 10.0. The summed E-state index contributed by atoms with van der Waals surface area (Å²) in [5.74, 6) is 0.336. The molecule has 114 valence electrons. The zero-order chi connectivity index (χ0) is 15.1. The van der Waals surface area contributed by atoms with Gasteiger partial charge < -0.3 is 0 Å². The van der Waals surface area contributed by atoms with Crippen molar-refractivity contribution in [3.05, 3.63) is 0 Å². The molecule has 0 aromatic rings. The number of urea groups is 1. The van der Waals surface area contributed by atoms with E-state index in [2.05, 4.69) is 16.8 Å². The molecule has 0 radical (unpaired) electrons. The number of imide groups is 1. The number of carbonyl (C=O) groups is 2. The van der Waals surface area contributed by atoms with Gasteiger partial charge >= 0.3 is 6.03 Å². The van der Waals surface area contributed by atoms with E-state index in [-0.39, 0.29) is 11.9 Å². The summed E-state index contributed by atoms with van der Waals surface area (Å²) in [7, 11) is 3.19. The Kier molecular flexibility index (Phi) is 3.52. The molecule has 3 rings (SSSR count). The van der Waals surface area contributed by atoms with Gasteiger partial charge in [-0.2, -0.15) is 0 Å². The van der Waals surface area contributed by atoms with Gasteiger partial charge in [0.2, 0.25) is 0 Å². The van der Waals surface area contributed by atoms with Crippen LogP contribution in [0.25, 0.3) is 0 Å². The van der Waals surface area contributed by atoms with Crippen molar-refractivity contribution < 1.29 is 14.2 Å². The van der Waals surface area contributed by atoms with Crippen LogP contribution >= 0.6 is 0 Å². The lowest BCUT2D eigenvalue weighted by Crippen LogP contribution is -2.62. The zero-order valence-electron chi connectivity index (χ0n) is 12.8. The average molecular weight is 292 g/mol. The van der Waals surface area contributed by atoms with Crippen LogP contribution in [-0.2, 0) is 4.79 Å². The molecule has 0 aromatic heterocycles. The van der Waals surface area contributed by atoms with E-state index in [0.717, 1.165) is 6.54 Å². The molecule has 3 heterocycles. The molecule has 3 amide bonds. The molecule has 7 heteroatoms. The zero-order valence-corrected chi connectivity index (χ0v) is 12.8. The van der Waals surface area contributed by atoms with Gasteiger partial charge in [-0.15, -0.1) is 0 Å². The number of hydrogen-bond donors (Lipinski definition) is 0. The number of hydrogen-bond acceptors (Lipinski definition) is 4. The van der Waals surface area contributed by atoms with Crippen molar-refractivity contribution in [3.8, 4) is 0 Å². The Morgan fingerprint density at radius 2 is 2.05 bits per heavy atom. The summed E-state index contributed by atoms with van der Waals surface area (Å²) in [6, 6.07) is -0.268. The lowest BCUT2D eigenvalue weighted by molar-refractivity contribution is -0.553. The highest BCUT2D eigenvalue weighted by Crippen LogP contribution is 2.20. The van der Waals surface area contributed by atoms with E-state index in [1.165, 1.54) is 36.1 Å². The van der Waals surface area contributed by atoms with E-state index in [4.69, 9.17) is 0 Å². The third-order valence-corrected chi connectivity index (χ3v) is 4.68. The first kappa shape index (κ1) is 14.2. The molecule has 0 aromatic carbocycles. The van der Waals surface area contributed by atoms with Crippen LogP contribution in [0.5, 0.6) is 0 Å². The van der Waals surface area contributed by atoms with E-state index in [1.807, 2.05) is 4.58 Å². The van der Waals surface area contributed by atoms with Gasteiger partial charge in [0.15, 0.2) is 0 Å². The summed E-state index contributed by atoms with van der Waals surface area (Å²) >= 11 is 0. The predicted octanol–water partition coefficient (Wildman–Crippen LogP) is 0.164. The number of aliphatic imine (C=N–C) groups is 1. The highest BCUT2D eigenvalue weighted by atomic mass is 16.2. The third-order valence-electron chi connectivity index (χ3n) is 4.68. The van der Waals surface area contributed by atoms with Crippen LogP contribution in [0.2, 0.25) is 0 Å². The Morgan fingerprint density at radius 3 is 2.76 bits per heavy atom. The van der Waals surface area contributed by atoms with Crippen LogP contribution in [-0.4, -0.2) is 82.8 Å². The highest BCUT2D eigenvalue weighted by molar-refractivity contribution is 6.21. The van der Waals surface area contributed by atoms with E-state index < -0.39 is 6.04 Å². The Balaban J connectivity index is 1.78. The molecule has 0 N–H and O–H groups in total. The van der Waals surface area contributed by atoms with Crippen molar-refractivity contribution in [1.82, 2.24) is 14.7 Å². The summed E-state index contributed by atoms with van der Waals surface area (Å²) in [5, 5.41) is 0. The standard InChI is InChI=1S/C14H22N5O2/c1-10-6-4-5-7-18(10)9-19-8-15-12-11(19)13(20)17(3)14(21)16(12)2/h8,10-11H,4-7,9H2,1-3H3/q+1. The van der Waals surface area contributed by atoms with E-state index in [0.29, 0.717) is 18.5 Å². The maximum absolute atomic E-state index is 12.4. The molecular formula is C14H22N5O2+. The van der Waals surface area contributed by atoms with Gasteiger partial charge in [0.1, 0.15) is 6.67 Å². The van der Waals surface area contributed by atoms with Gasteiger partial charge in [0, 0.05) is 26.7 Å². The number of likely N-dealkylation sites (N-methyl/N-ethyl adjacent to an activating group) is 2. The van der Waals surface area contributed by atoms with Gasteiger partial charge in [-0.3, -0.25) is 19.5 Å². The molecule has 0 aliphatic carbocycles. The van der Waals surface area contributed by atoms with Crippen molar-refractivity contribution in [2.24, 2.45) is 4.99 Å². The molecule has 3 aliphatic heterocycles. The fourth-order valence-electron chi connectivity index (χ4n) is 3.24. The maximum Gasteiger partial charge on any atom is 0.333 e. The molecule has 0 spiro atoms. The third kappa shape index (κ3) is 2.25. The Hall–Kier alpha value is -1.76. The van der Waals surface area contributed by atoms with Crippen LogP contribution in [0, 0.1) is 0 Å². The molecule has 21 heavy (non-hydrogen) atoms. The number of piperidine rings is 1. The van der Waals surface area contributed by atoms with Crippen LogP contribution in [0.1, 0.15) is 26.2 Å². The molecule has 2 atom stereocenters. The van der Waals surface area contributed by atoms with Gasteiger partial charge in [-0.05, 0) is 24.8 Å². The smallest absolute Gasteiger partial charge is 0.269 e. The summed E-state index contributed by atoms with van der Waals surface area (Å²) in [6.07, 6.45) is 5.36. The fourth-order valence-corrected chi connectivity index (χ4v) is 3.24. The highest BCUT2D eigenvalue weighted by Gasteiger charge is 2.50. The lowest BCUT2D eigenvalue weighted by Gasteiger charge is -2.35. The molecule has 3 aliphatic rings. The van der Waals surface area contributed by atoms with Crippen LogP contribution in [0.15, 0.2) is 4.99 Å². The first-order chi connectivity index (χ1) is 10.0. The summed E-state index contributed by atoms with van der Waals surface area (Å²) < 4.78 is 1.94. The van der Waals surface area contributed by atoms with Gasteiger partial charge in [0.25, 0.3) is 24.1 Å². The predicted molar refractivity (Wildman–Crippen MR) is 78.4 cm³/mol. The summed E-state index contributed by atoms with van der Waals surface area (Å²) in [4.78, 5) is 33.7. The topological polar surface area (TPSA) is 59.2 Å². The molecule has 0 bridgehead atoms.